The van der Waals surface area contributed by atoms with Gasteiger partial charge >= 0.3 is 6.09 Å². The number of carbonyl (C=O) groups excluding carboxylic acids is 1. The molecule has 0 aromatic carbocycles. The molecule has 1 heterocycles. The maximum absolute atomic E-state index is 11.7. The van der Waals surface area contributed by atoms with Crippen LogP contribution in [0.1, 0.15) is 59.1 Å². The summed E-state index contributed by atoms with van der Waals surface area (Å²) in [6.45, 7) is 12.1. The Morgan fingerprint density at radius 3 is 2.67 bits per heavy atom. The van der Waals surface area contributed by atoms with E-state index in [0.29, 0.717) is 37.5 Å². The summed E-state index contributed by atoms with van der Waals surface area (Å²) in [7, 11) is 0. The number of hydrogen-bond acceptors (Lipinski definition) is 5. The van der Waals surface area contributed by atoms with Crippen LogP contribution in [0, 0.1) is 5.92 Å². The number of aromatic nitrogens is 1. The molecule has 152 valence electrons. The van der Waals surface area contributed by atoms with Crippen LogP contribution >= 0.6 is 0 Å². The number of aliphatic imine (C=N–C) groups is 1. The molecule has 1 aromatic heterocycles. The number of ether oxygens (including phenoxy) is 1. The lowest BCUT2D eigenvalue weighted by atomic mass is 9.94. The minimum atomic E-state index is -0.368. The number of guanidine groups is 1. The number of nitrogens with one attached hydrogen (secondary N) is 3. The summed E-state index contributed by atoms with van der Waals surface area (Å²) in [6, 6.07) is 0.0298. The first kappa shape index (κ1) is 21.1. The van der Waals surface area contributed by atoms with Crippen molar-refractivity contribution in [2.75, 3.05) is 19.7 Å². The summed E-state index contributed by atoms with van der Waals surface area (Å²) in [5, 5.41) is 9.44. The van der Waals surface area contributed by atoms with Crippen LogP contribution in [-0.2, 0) is 16.7 Å². The molecule has 1 aromatic rings. The van der Waals surface area contributed by atoms with E-state index < -0.39 is 0 Å². The molecule has 2 rings (SSSR count). The Kier molecular flexibility index (Phi) is 7.50. The largest absolute Gasteiger partial charge is 0.450 e. The van der Waals surface area contributed by atoms with E-state index in [0.717, 1.165) is 25.1 Å². The molecule has 3 N–H and O–H groups in total. The third-order valence-corrected chi connectivity index (χ3v) is 4.27. The lowest BCUT2D eigenvalue weighted by molar-refractivity contribution is 0.146. The number of oxazole rings is 1. The SMILES string of the molecule is CCNC(=NCc1ncc(C(C)(C)C)o1)NCC(NC(=O)OCC)C1CC1. The fourth-order valence-corrected chi connectivity index (χ4v) is 2.58. The average Bonchev–Trinajstić information content (AvgIpc) is 3.32. The van der Waals surface area contributed by atoms with Crippen molar-refractivity contribution in [2.24, 2.45) is 10.9 Å². The Hall–Kier alpha value is -2.25. The zero-order valence-corrected chi connectivity index (χ0v) is 17.1. The Bertz CT molecular complexity index is 632. The van der Waals surface area contributed by atoms with Crippen LogP contribution in [0.15, 0.2) is 15.6 Å². The van der Waals surface area contributed by atoms with E-state index >= 15 is 0 Å². The second-order valence-corrected chi connectivity index (χ2v) is 7.75. The molecule has 27 heavy (non-hydrogen) atoms. The highest BCUT2D eigenvalue weighted by atomic mass is 16.5. The Balaban J connectivity index is 1.92. The highest BCUT2D eigenvalue weighted by molar-refractivity contribution is 5.79. The molecular formula is C19H33N5O3. The van der Waals surface area contributed by atoms with Gasteiger partial charge in [0.15, 0.2) is 5.96 Å². The fraction of sp³-hybridized carbons (Fsp3) is 0.737. The van der Waals surface area contributed by atoms with E-state index in [1.807, 2.05) is 6.92 Å². The third-order valence-electron chi connectivity index (χ3n) is 4.27. The second kappa shape index (κ2) is 9.62. The summed E-state index contributed by atoms with van der Waals surface area (Å²) in [4.78, 5) is 20.6. The van der Waals surface area contributed by atoms with Crippen LogP contribution in [0.2, 0.25) is 0 Å². The van der Waals surface area contributed by atoms with Crippen molar-refractivity contribution < 1.29 is 13.9 Å². The maximum Gasteiger partial charge on any atom is 0.407 e. The van der Waals surface area contributed by atoms with E-state index in [1.165, 1.54) is 0 Å². The molecule has 0 saturated heterocycles. The minimum absolute atomic E-state index is 0.0298. The predicted molar refractivity (Wildman–Crippen MR) is 105 cm³/mol. The molecule has 1 amide bonds. The molecule has 1 aliphatic carbocycles. The Morgan fingerprint density at radius 1 is 1.37 bits per heavy atom. The highest BCUT2D eigenvalue weighted by Gasteiger charge is 2.32. The van der Waals surface area contributed by atoms with Crippen molar-refractivity contribution in [1.29, 1.82) is 0 Å². The van der Waals surface area contributed by atoms with Gasteiger partial charge in [-0.05, 0) is 32.6 Å². The van der Waals surface area contributed by atoms with Gasteiger partial charge in [0.1, 0.15) is 12.3 Å². The molecule has 0 radical (unpaired) electrons. The van der Waals surface area contributed by atoms with Gasteiger partial charge in [0.25, 0.3) is 0 Å². The topological polar surface area (TPSA) is 101 Å². The van der Waals surface area contributed by atoms with Crippen LogP contribution in [0.3, 0.4) is 0 Å². The summed E-state index contributed by atoms with van der Waals surface area (Å²) < 4.78 is 10.8. The normalized spacial score (nSPS) is 16.0. The Morgan fingerprint density at radius 2 is 2.11 bits per heavy atom. The van der Waals surface area contributed by atoms with Crippen molar-refractivity contribution in [1.82, 2.24) is 20.9 Å². The zero-order chi connectivity index (χ0) is 19.9. The number of carbonyl (C=O) groups is 1. The number of nitrogens with zero attached hydrogens (tertiary/aromatic N) is 2. The summed E-state index contributed by atoms with van der Waals surface area (Å²) >= 11 is 0. The van der Waals surface area contributed by atoms with Gasteiger partial charge in [0.05, 0.1) is 18.8 Å². The van der Waals surface area contributed by atoms with Gasteiger partial charge in [-0.2, -0.15) is 0 Å². The molecule has 1 aliphatic rings. The van der Waals surface area contributed by atoms with Crippen LogP contribution in [-0.4, -0.2) is 42.8 Å². The molecule has 8 nitrogen and oxygen atoms in total. The molecule has 1 saturated carbocycles. The van der Waals surface area contributed by atoms with Gasteiger partial charge in [-0.3, -0.25) is 0 Å². The van der Waals surface area contributed by atoms with E-state index in [1.54, 1.807) is 13.1 Å². The first-order valence-electron chi connectivity index (χ1n) is 9.74. The fourth-order valence-electron chi connectivity index (χ4n) is 2.58. The summed E-state index contributed by atoms with van der Waals surface area (Å²) in [5.41, 5.74) is -0.0754. The number of amides is 1. The monoisotopic (exact) mass is 379 g/mol. The van der Waals surface area contributed by atoms with Crippen molar-refractivity contribution in [2.45, 2.75) is 65.5 Å². The van der Waals surface area contributed by atoms with Crippen LogP contribution in [0.5, 0.6) is 0 Å². The molecule has 1 fully saturated rings. The van der Waals surface area contributed by atoms with Crippen LogP contribution < -0.4 is 16.0 Å². The van der Waals surface area contributed by atoms with Gasteiger partial charge in [-0.25, -0.2) is 14.8 Å². The average molecular weight is 380 g/mol. The van der Waals surface area contributed by atoms with E-state index in [4.69, 9.17) is 9.15 Å². The first-order chi connectivity index (χ1) is 12.8. The first-order valence-corrected chi connectivity index (χ1v) is 9.74. The zero-order valence-electron chi connectivity index (χ0n) is 17.1. The van der Waals surface area contributed by atoms with Crippen LogP contribution in [0.4, 0.5) is 4.79 Å². The van der Waals surface area contributed by atoms with Gasteiger partial charge in [0.2, 0.25) is 5.89 Å². The quantitative estimate of drug-likeness (QED) is 0.474. The number of hydrogen-bond donors (Lipinski definition) is 3. The summed E-state index contributed by atoms with van der Waals surface area (Å²) in [6.07, 6.45) is 3.64. The van der Waals surface area contributed by atoms with Crippen molar-refractivity contribution in [3.8, 4) is 0 Å². The van der Waals surface area contributed by atoms with E-state index in [2.05, 4.69) is 46.7 Å². The van der Waals surface area contributed by atoms with E-state index in [9.17, 15) is 4.79 Å². The predicted octanol–water partition coefficient (Wildman–Crippen LogP) is 2.55. The van der Waals surface area contributed by atoms with Gasteiger partial charge in [0, 0.05) is 18.5 Å². The molecule has 1 unspecified atom stereocenters. The van der Waals surface area contributed by atoms with Crippen molar-refractivity contribution in [3.05, 3.63) is 17.8 Å². The van der Waals surface area contributed by atoms with E-state index in [-0.39, 0.29) is 17.6 Å². The molecule has 0 bridgehead atoms. The lowest BCUT2D eigenvalue weighted by Crippen LogP contribution is -2.48. The number of rotatable bonds is 8. The lowest BCUT2D eigenvalue weighted by Gasteiger charge is -2.20. The molecule has 8 heteroatoms. The standard InChI is InChI=1S/C19H33N5O3/c1-6-20-17(23-12-16-21-11-15(27-16)19(3,4)5)22-10-14(13-8-9-13)24-18(25)26-7-2/h11,13-14H,6-10,12H2,1-5H3,(H,24,25)(H2,20,22,23). The second-order valence-electron chi connectivity index (χ2n) is 7.75. The van der Waals surface area contributed by atoms with Gasteiger partial charge < -0.3 is 25.1 Å². The van der Waals surface area contributed by atoms with Crippen molar-refractivity contribution >= 4 is 12.1 Å². The third kappa shape index (κ3) is 7.11. The highest BCUT2D eigenvalue weighted by Crippen LogP contribution is 2.32. The molecule has 0 spiro atoms. The number of alkyl carbamates (subject to hydrolysis) is 1. The Labute approximate surface area is 161 Å². The minimum Gasteiger partial charge on any atom is -0.450 e. The van der Waals surface area contributed by atoms with Crippen LogP contribution in [0.25, 0.3) is 0 Å². The van der Waals surface area contributed by atoms with Gasteiger partial charge in [-0.1, -0.05) is 20.8 Å². The molecular weight excluding hydrogens is 346 g/mol. The van der Waals surface area contributed by atoms with Gasteiger partial charge in [-0.15, -0.1) is 0 Å². The molecule has 0 aliphatic heterocycles. The maximum atomic E-state index is 11.7. The molecule has 1 atom stereocenters. The smallest absolute Gasteiger partial charge is 0.407 e. The summed E-state index contributed by atoms with van der Waals surface area (Å²) in [5.74, 6) is 2.59. The van der Waals surface area contributed by atoms with Crippen molar-refractivity contribution in [3.63, 3.8) is 0 Å².